The van der Waals surface area contributed by atoms with Crippen molar-refractivity contribution in [2.45, 2.75) is 6.92 Å². The molecule has 0 aromatic carbocycles. The number of hydrogen-bond donors (Lipinski definition) is 0. The Morgan fingerprint density at radius 2 is 2.50 bits per heavy atom. The maximum absolute atomic E-state index is 3.81. The molecule has 0 N–H and O–H groups in total. The molecule has 0 radical (unpaired) electrons. The molecule has 0 bridgehead atoms. The molecule has 0 aliphatic heterocycles. The minimum absolute atomic E-state index is 1.15. The molecule has 0 saturated carbocycles. The molecular formula is C7H8S. The van der Waals surface area contributed by atoms with Gasteiger partial charge in [-0.15, -0.1) is 11.3 Å². The first-order chi connectivity index (χ1) is 3.80. The molecule has 0 nitrogen and oxygen atoms in total. The molecule has 8 heavy (non-hydrogen) atoms. The minimum Gasteiger partial charge on any atom is -0.228 e. The smallest absolute Gasteiger partial charge is 0.153 e. The summed E-state index contributed by atoms with van der Waals surface area (Å²) < 4.78 is 0. The SMILES string of the molecule is [CH2-][C+](C)c1cccs1. The van der Waals surface area contributed by atoms with E-state index in [0.717, 1.165) is 5.92 Å². The third kappa shape index (κ3) is 1.04. The lowest BCUT2D eigenvalue weighted by Gasteiger charge is -1.94. The maximum atomic E-state index is 3.81. The summed E-state index contributed by atoms with van der Waals surface area (Å²) in [5, 5.41) is 2.06. The van der Waals surface area contributed by atoms with Crippen LogP contribution in [0.5, 0.6) is 0 Å². The Kier molecular flexibility index (Phi) is 1.59. The summed E-state index contributed by atoms with van der Waals surface area (Å²) in [7, 11) is 0. The molecule has 1 rings (SSSR count). The van der Waals surface area contributed by atoms with Crippen molar-refractivity contribution in [3.8, 4) is 0 Å². The second-order valence-electron chi connectivity index (χ2n) is 1.76. The Hall–Kier alpha value is -0.430. The zero-order valence-electron chi connectivity index (χ0n) is 4.85. The fraction of sp³-hybridized carbons (Fsp3) is 0.143. The van der Waals surface area contributed by atoms with Crippen LogP contribution in [0.4, 0.5) is 0 Å². The van der Waals surface area contributed by atoms with Gasteiger partial charge in [0.1, 0.15) is 0 Å². The fourth-order valence-corrected chi connectivity index (χ4v) is 1.18. The van der Waals surface area contributed by atoms with E-state index in [4.69, 9.17) is 0 Å². The van der Waals surface area contributed by atoms with Crippen LogP contribution in [0.25, 0.3) is 0 Å². The molecule has 0 aliphatic rings. The van der Waals surface area contributed by atoms with Crippen molar-refractivity contribution in [2.75, 3.05) is 0 Å². The molecule has 0 spiro atoms. The molecule has 1 aromatic rings. The Bertz CT molecular complexity index is 139. The highest BCUT2D eigenvalue weighted by molar-refractivity contribution is 7.10. The van der Waals surface area contributed by atoms with Crippen molar-refractivity contribution in [3.63, 3.8) is 0 Å². The lowest BCUT2D eigenvalue weighted by Crippen LogP contribution is -1.79. The van der Waals surface area contributed by atoms with E-state index in [1.165, 1.54) is 4.88 Å². The monoisotopic (exact) mass is 124 g/mol. The van der Waals surface area contributed by atoms with Gasteiger partial charge in [-0.2, -0.15) is 0 Å². The summed E-state index contributed by atoms with van der Waals surface area (Å²) in [4.78, 5) is 1.28. The summed E-state index contributed by atoms with van der Waals surface area (Å²) >= 11 is 1.73. The van der Waals surface area contributed by atoms with Gasteiger partial charge in [-0.3, -0.25) is 0 Å². The van der Waals surface area contributed by atoms with Crippen LogP contribution in [-0.2, 0) is 0 Å². The number of rotatable bonds is 1. The van der Waals surface area contributed by atoms with E-state index >= 15 is 0 Å². The number of hydrogen-bond acceptors (Lipinski definition) is 1. The van der Waals surface area contributed by atoms with Crippen molar-refractivity contribution >= 4 is 11.3 Å². The molecule has 42 valence electrons. The molecule has 1 aromatic heterocycles. The molecule has 0 aliphatic carbocycles. The highest BCUT2D eigenvalue weighted by Crippen LogP contribution is 2.17. The molecule has 1 heterocycles. The van der Waals surface area contributed by atoms with Crippen molar-refractivity contribution in [1.82, 2.24) is 0 Å². The second kappa shape index (κ2) is 2.23. The van der Waals surface area contributed by atoms with Crippen LogP contribution in [0.1, 0.15) is 11.8 Å². The highest BCUT2D eigenvalue weighted by Gasteiger charge is 1.99. The lowest BCUT2D eigenvalue weighted by molar-refractivity contribution is 1.30. The summed E-state index contributed by atoms with van der Waals surface area (Å²) in [6, 6.07) is 4.11. The van der Waals surface area contributed by atoms with Crippen molar-refractivity contribution in [2.24, 2.45) is 0 Å². The number of thiophene rings is 1. The van der Waals surface area contributed by atoms with E-state index in [1.54, 1.807) is 11.3 Å². The van der Waals surface area contributed by atoms with E-state index in [2.05, 4.69) is 18.4 Å². The van der Waals surface area contributed by atoms with Gasteiger partial charge >= 0.3 is 0 Å². The van der Waals surface area contributed by atoms with Gasteiger partial charge in [0.2, 0.25) is 0 Å². The van der Waals surface area contributed by atoms with Gasteiger partial charge in [-0.1, -0.05) is 5.92 Å². The summed E-state index contributed by atoms with van der Waals surface area (Å²) in [6.45, 7) is 5.83. The topological polar surface area (TPSA) is 0 Å². The Balaban J connectivity index is 2.77. The molecule has 0 fully saturated rings. The summed E-state index contributed by atoms with van der Waals surface area (Å²) in [5.74, 6) is 1.15. The lowest BCUT2D eigenvalue weighted by atomic mass is 10.2. The van der Waals surface area contributed by atoms with Gasteiger partial charge in [0.15, 0.2) is 4.88 Å². The van der Waals surface area contributed by atoms with Crippen LogP contribution in [-0.4, -0.2) is 0 Å². The van der Waals surface area contributed by atoms with E-state index in [1.807, 2.05) is 13.0 Å². The standard InChI is InChI=1S/C7H8S/c1-6(2)7-4-3-5-8-7/h3-5H,1H2,2H3. The predicted molar refractivity (Wildman–Crippen MR) is 37.7 cm³/mol. The largest absolute Gasteiger partial charge is 0.228 e. The van der Waals surface area contributed by atoms with Crippen LogP contribution >= 0.6 is 11.3 Å². The van der Waals surface area contributed by atoms with Gasteiger partial charge in [0, 0.05) is 11.4 Å². The normalized spacial score (nSPS) is 9.25. The predicted octanol–water partition coefficient (Wildman–Crippen LogP) is 2.52. The first-order valence-electron chi connectivity index (χ1n) is 2.50. The molecule has 0 atom stereocenters. The van der Waals surface area contributed by atoms with E-state index < -0.39 is 0 Å². The summed E-state index contributed by atoms with van der Waals surface area (Å²) in [6.07, 6.45) is 0. The first-order valence-corrected chi connectivity index (χ1v) is 3.38. The zero-order chi connectivity index (χ0) is 5.98. The van der Waals surface area contributed by atoms with E-state index in [0.29, 0.717) is 0 Å². The van der Waals surface area contributed by atoms with Crippen LogP contribution in [0.15, 0.2) is 17.5 Å². The third-order valence-corrected chi connectivity index (χ3v) is 1.97. The Labute approximate surface area is 54.2 Å². The quantitative estimate of drug-likeness (QED) is 0.505. The van der Waals surface area contributed by atoms with Crippen molar-refractivity contribution < 1.29 is 0 Å². The van der Waals surface area contributed by atoms with Gasteiger partial charge in [-0.25, -0.2) is 6.92 Å². The van der Waals surface area contributed by atoms with Gasteiger partial charge < -0.3 is 0 Å². The van der Waals surface area contributed by atoms with E-state index in [9.17, 15) is 0 Å². The van der Waals surface area contributed by atoms with Gasteiger partial charge in [0.05, 0.1) is 6.07 Å². The fourth-order valence-electron chi connectivity index (χ4n) is 0.521. The highest BCUT2D eigenvalue weighted by atomic mass is 32.1. The van der Waals surface area contributed by atoms with Gasteiger partial charge in [-0.05, 0) is 6.92 Å². The molecular weight excluding hydrogens is 116 g/mol. The maximum Gasteiger partial charge on any atom is 0.153 e. The van der Waals surface area contributed by atoms with Crippen LogP contribution in [0.2, 0.25) is 0 Å². The van der Waals surface area contributed by atoms with Crippen molar-refractivity contribution in [1.29, 1.82) is 0 Å². The molecule has 1 heteroatoms. The van der Waals surface area contributed by atoms with Crippen LogP contribution in [0, 0.1) is 12.8 Å². The van der Waals surface area contributed by atoms with Crippen LogP contribution < -0.4 is 0 Å². The average Bonchev–Trinajstić information content (AvgIpc) is 2.12. The molecule has 0 amide bonds. The Morgan fingerprint density at radius 3 is 2.75 bits per heavy atom. The minimum atomic E-state index is 1.15. The first kappa shape index (κ1) is 5.70. The third-order valence-electron chi connectivity index (χ3n) is 0.942. The summed E-state index contributed by atoms with van der Waals surface area (Å²) in [5.41, 5.74) is 0. The molecule has 0 unspecified atom stereocenters. The zero-order valence-corrected chi connectivity index (χ0v) is 5.66. The van der Waals surface area contributed by atoms with Crippen molar-refractivity contribution in [3.05, 3.63) is 35.2 Å². The van der Waals surface area contributed by atoms with E-state index in [-0.39, 0.29) is 0 Å². The average molecular weight is 124 g/mol. The molecule has 0 saturated heterocycles. The Morgan fingerprint density at radius 1 is 1.75 bits per heavy atom. The second-order valence-corrected chi connectivity index (χ2v) is 2.71. The van der Waals surface area contributed by atoms with Gasteiger partial charge in [0.25, 0.3) is 0 Å². The van der Waals surface area contributed by atoms with Crippen LogP contribution in [0.3, 0.4) is 0 Å².